The zero-order valence-electron chi connectivity index (χ0n) is 11.4. The van der Waals surface area contributed by atoms with E-state index in [1.807, 2.05) is 20.8 Å². The monoisotopic (exact) mass is 294 g/mol. The van der Waals surface area contributed by atoms with Crippen LogP contribution in [-0.4, -0.2) is 10.9 Å². The van der Waals surface area contributed by atoms with Gasteiger partial charge in [-0.25, -0.2) is 4.98 Å². The van der Waals surface area contributed by atoms with E-state index in [9.17, 15) is 4.79 Å². The van der Waals surface area contributed by atoms with Crippen LogP contribution in [0.1, 0.15) is 30.2 Å². The van der Waals surface area contributed by atoms with Gasteiger partial charge in [0.15, 0.2) is 0 Å². The Morgan fingerprint density at radius 2 is 2.21 bits per heavy atom. The lowest BCUT2D eigenvalue weighted by Gasteiger charge is -2.05. The highest BCUT2D eigenvalue weighted by atomic mass is 32.1. The Hall–Kier alpha value is -1.20. The molecule has 0 saturated heterocycles. The molecule has 0 bridgehead atoms. The van der Waals surface area contributed by atoms with Crippen LogP contribution in [0.3, 0.4) is 0 Å². The van der Waals surface area contributed by atoms with E-state index < -0.39 is 0 Å². The third-order valence-electron chi connectivity index (χ3n) is 2.59. The van der Waals surface area contributed by atoms with Crippen molar-refractivity contribution < 1.29 is 4.79 Å². The number of aryl methyl sites for hydroxylation is 1. The van der Waals surface area contributed by atoms with Crippen LogP contribution >= 0.6 is 22.7 Å². The molecule has 0 aliphatic heterocycles. The molecule has 0 aromatic carbocycles. The van der Waals surface area contributed by atoms with Gasteiger partial charge in [-0.05, 0) is 25.0 Å². The molecule has 0 spiro atoms. The number of carbonyl (C=O) groups excluding carboxylic acids is 1. The Balaban J connectivity index is 1.93. The molecule has 1 N–H and O–H groups in total. The number of amides is 1. The summed E-state index contributed by atoms with van der Waals surface area (Å²) in [5.74, 6) is 0.520. The second-order valence-electron chi connectivity index (χ2n) is 4.89. The van der Waals surface area contributed by atoms with Crippen LogP contribution in [0, 0.1) is 12.8 Å². The number of aromatic nitrogens is 1. The van der Waals surface area contributed by atoms with Crippen molar-refractivity contribution in [3.8, 4) is 10.6 Å². The quantitative estimate of drug-likeness (QED) is 0.910. The topological polar surface area (TPSA) is 42.0 Å². The van der Waals surface area contributed by atoms with Crippen molar-refractivity contribution in [2.24, 2.45) is 5.92 Å². The second kappa shape index (κ2) is 6.30. The Morgan fingerprint density at radius 3 is 2.84 bits per heavy atom. The van der Waals surface area contributed by atoms with Crippen molar-refractivity contribution in [2.75, 3.05) is 0 Å². The minimum absolute atomic E-state index is 0.120. The minimum Gasteiger partial charge on any atom is -0.351 e. The minimum atomic E-state index is 0.120. The van der Waals surface area contributed by atoms with Crippen molar-refractivity contribution in [2.45, 2.75) is 33.7 Å². The number of thiazole rings is 1. The number of thiophene rings is 1. The molecule has 0 aliphatic rings. The van der Waals surface area contributed by atoms with Crippen LogP contribution in [0.5, 0.6) is 0 Å². The number of nitrogens with one attached hydrogen (secondary N) is 1. The summed E-state index contributed by atoms with van der Waals surface area (Å²) in [7, 11) is 0. The van der Waals surface area contributed by atoms with Gasteiger partial charge in [0, 0.05) is 16.7 Å². The van der Waals surface area contributed by atoms with E-state index in [1.54, 1.807) is 22.7 Å². The summed E-state index contributed by atoms with van der Waals surface area (Å²) in [5, 5.41) is 6.10. The lowest BCUT2D eigenvalue weighted by Crippen LogP contribution is -2.23. The van der Waals surface area contributed by atoms with Gasteiger partial charge in [0.1, 0.15) is 0 Å². The molecule has 2 aromatic rings. The second-order valence-corrected chi connectivity index (χ2v) is 7.12. The molecule has 2 rings (SSSR count). The molecule has 3 nitrogen and oxygen atoms in total. The maximum absolute atomic E-state index is 11.6. The van der Waals surface area contributed by atoms with Crippen LogP contribution in [0.2, 0.25) is 0 Å². The standard InChI is InChI=1S/C14H18N2OS2/c1-9(2)6-14(17)15-7-11-4-5-13(19-11)12-8-18-10(3)16-12/h4-5,8-9H,6-7H2,1-3H3,(H,15,17). The largest absolute Gasteiger partial charge is 0.351 e. The van der Waals surface area contributed by atoms with Gasteiger partial charge in [-0.2, -0.15) is 0 Å². The average molecular weight is 294 g/mol. The van der Waals surface area contributed by atoms with E-state index in [-0.39, 0.29) is 5.91 Å². The Morgan fingerprint density at radius 1 is 1.42 bits per heavy atom. The van der Waals surface area contributed by atoms with E-state index in [0.29, 0.717) is 18.9 Å². The van der Waals surface area contributed by atoms with Crippen LogP contribution in [-0.2, 0) is 11.3 Å². The van der Waals surface area contributed by atoms with Crippen molar-refractivity contribution in [1.82, 2.24) is 10.3 Å². The number of nitrogens with zero attached hydrogens (tertiary/aromatic N) is 1. The summed E-state index contributed by atoms with van der Waals surface area (Å²) in [4.78, 5) is 18.4. The average Bonchev–Trinajstić information content (AvgIpc) is 2.94. The van der Waals surface area contributed by atoms with E-state index >= 15 is 0 Å². The fourth-order valence-corrected chi connectivity index (χ4v) is 3.31. The van der Waals surface area contributed by atoms with E-state index in [2.05, 4.69) is 27.8 Å². The number of hydrogen-bond acceptors (Lipinski definition) is 4. The van der Waals surface area contributed by atoms with Crippen LogP contribution in [0.25, 0.3) is 10.6 Å². The fraction of sp³-hybridized carbons (Fsp3) is 0.429. The molecule has 2 aromatic heterocycles. The Bertz CT molecular complexity index is 557. The third kappa shape index (κ3) is 4.14. The molecule has 102 valence electrons. The van der Waals surface area contributed by atoms with E-state index in [4.69, 9.17) is 0 Å². The Labute approximate surface area is 121 Å². The van der Waals surface area contributed by atoms with Crippen molar-refractivity contribution in [3.05, 3.63) is 27.4 Å². The summed E-state index contributed by atoms with van der Waals surface area (Å²) in [6.45, 7) is 6.72. The molecule has 19 heavy (non-hydrogen) atoms. The number of carbonyl (C=O) groups is 1. The van der Waals surface area contributed by atoms with Gasteiger partial charge in [0.25, 0.3) is 0 Å². The first-order chi connectivity index (χ1) is 9.04. The summed E-state index contributed by atoms with van der Waals surface area (Å²) >= 11 is 3.35. The molecule has 2 heterocycles. The van der Waals surface area contributed by atoms with Gasteiger partial charge in [0.2, 0.25) is 5.91 Å². The first-order valence-corrected chi connectivity index (χ1v) is 8.02. The molecule has 5 heteroatoms. The van der Waals surface area contributed by atoms with E-state index in [0.717, 1.165) is 20.5 Å². The number of rotatable bonds is 5. The highest BCUT2D eigenvalue weighted by Gasteiger charge is 2.08. The lowest BCUT2D eigenvalue weighted by atomic mass is 10.1. The summed E-state index contributed by atoms with van der Waals surface area (Å²) < 4.78 is 0. The van der Waals surface area contributed by atoms with Crippen molar-refractivity contribution in [3.63, 3.8) is 0 Å². The zero-order chi connectivity index (χ0) is 13.8. The van der Waals surface area contributed by atoms with Crippen LogP contribution in [0.4, 0.5) is 0 Å². The van der Waals surface area contributed by atoms with Gasteiger partial charge in [-0.15, -0.1) is 22.7 Å². The maximum Gasteiger partial charge on any atom is 0.220 e. The van der Waals surface area contributed by atoms with Crippen LogP contribution in [0.15, 0.2) is 17.5 Å². The molecule has 0 radical (unpaired) electrons. The highest BCUT2D eigenvalue weighted by Crippen LogP contribution is 2.28. The van der Waals surface area contributed by atoms with Gasteiger partial charge < -0.3 is 5.32 Å². The number of hydrogen-bond donors (Lipinski definition) is 1. The van der Waals surface area contributed by atoms with Gasteiger partial charge in [-0.3, -0.25) is 4.79 Å². The summed E-state index contributed by atoms with van der Waals surface area (Å²) in [5.41, 5.74) is 1.03. The molecule has 0 aliphatic carbocycles. The molecule has 0 saturated carbocycles. The maximum atomic E-state index is 11.6. The normalized spacial score (nSPS) is 10.9. The van der Waals surface area contributed by atoms with Crippen molar-refractivity contribution >= 4 is 28.6 Å². The molecular weight excluding hydrogens is 276 g/mol. The first-order valence-electron chi connectivity index (χ1n) is 6.32. The van der Waals surface area contributed by atoms with Gasteiger partial charge in [-0.1, -0.05) is 13.8 Å². The van der Waals surface area contributed by atoms with E-state index in [1.165, 1.54) is 0 Å². The molecule has 1 amide bonds. The predicted octanol–water partition coefficient (Wildman–Crippen LogP) is 3.84. The lowest BCUT2D eigenvalue weighted by molar-refractivity contribution is -0.121. The SMILES string of the molecule is Cc1nc(-c2ccc(CNC(=O)CC(C)C)s2)cs1. The summed E-state index contributed by atoms with van der Waals surface area (Å²) in [6, 6.07) is 4.13. The summed E-state index contributed by atoms with van der Waals surface area (Å²) in [6.07, 6.45) is 0.587. The van der Waals surface area contributed by atoms with Crippen molar-refractivity contribution in [1.29, 1.82) is 0 Å². The highest BCUT2D eigenvalue weighted by molar-refractivity contribution is 7.16. The fourth-order valence-electron chi connectivity index (χ4n) is 1.72. The van der Waals surface area contributed by atoms with Gasteiger partial charge in [0.05, 0.1) is 22.1 Å². The zero-order valence-corrected chi connectivity index (χ0v) is 13.0. The Kier molecular flexibility index (Phi) is 4.71. The molecule has 0 unspecified atom stereocenters. The third-order valence-corrected chi connectivity index (χ3v) is 4.47. The molecular formula is C14H18N2OS2. The molecule has 0 atom stereocenters. The predicted molar refractivity (Wildman–Crippen MR) is 81.5 cm³/mol. The smallest absolute Gasteiger partial charge is 0.220 e. The van der Waals surface area contributed by atoms with Crippen LogP contribution < -0.4 is 5.32 Å². The van der Waals surface area contributed by atoms with Gasteiger partial charge >= 0.3 is 0 Å². The first kappa shape index (κ1) is 14.2. The molecule has 0 fully saturated rings.